The molecule has 0 radical (unpaired) electrons. The second-order valence-electron chi connectivity index (χ2n) is 4.47. The van der Waals surface area contributed by atoms with Gasteiger partial charge in [0.2, 0.25) is 5.91 Å². The lowest BCUT2D eigenvalue weighted by Crippen LogP contribution is -2.31. The minimum absolute atomic E-state index is 0.000602. The summed E-state index contributed by atoms with van der Waals surface area (Å²) in [6.07, 6.45) is 0. The normalized spacial score (nSPS) is 9.82. The predicted octanol–water partition coefficient (Wildman–Crippen LogP) is 1.69. The van der Waals surface area contributed by atoms with Crippen molar-refractivity contribution in [2.75, 3.05) is 10.4 Å². The highest BCUT2D eigenvalue weighted by Gasteiger charge is 2.24. The van der Waals surface area contributed by atoms with Crippen LogP contribution in [0.2, 0.25) is 0 Å². The zero-order valence-corrected chi connectivity index (χ0v) is 12.5. The summed E-state index contributed by atoms with van der Waals surface area (Å²) >= 11 is 0. The summed E-state index contributed by atoms with van der Waals surface area (Å²) in [7, 11) is 0. The molecule has 0 bridgehead atoms. The fraction of sp³-hybridized carbons (Fsp3) is 0.308. The smallest absolute Gasteiger partial charge is 0.330 e. The van der Waals surface area contributed by atoms with Gasteiger partial charge in [0.05, 0.1) is 16.2 Å². The van der Waals surface area contributed by atoms with Crippen LogP contribution in [0.25, 0.3) is 0 Å². The van der Waals surface area contributed by atoms with Crippen molar-refractivity contribution in [3.05, 3.63) is 27.8 Å². The number of nitro groups is 1. The maximum atomic E-state index is 11.6. The SMILES string of the molecule is CC(=O)Nc1cc(N(OC(C)=O)C(C)=O)c(C)c([N+](=O)[O-])c1. The van der Waals surface area contributed by atoms with Crippen molar-refractivity contribution >= 4 is 34.8 Å². The first-order valence-corrected chi connectivity index (χ1v) is 6.19. The quantitative estimate of drug-likeness (QED) is 0.670. The molecule has 0 unspecified atom stereocenters. The number of hydroxylamine groups is 1. The monoisotopic (exact) mass is 309 g/mol. The average molecular weight is 309 g/mol. The van der Waals surface area contributed by atoms with E-state index in [4.69, 9.17) is 4.84 Å². The van der Waals surface area contributed by atoms with Crippen LogP contribution in [0.3, 0.4) is 0 Å². The molecule has 0 aliphatic heterocycles. The Bertz CT molecular complexity index is 655. The Labute approximate surface area is 126 Å². The van der Waals surface area contributed by atoms with E-state index in [0.29, 0.717) is 5.06 Å². The summed E-state index contributed by atoms with van der Waals surface area (Å²) in [4.78, 5) is 49.1. The number of hydrogen-bond acceptors (Lipinski definition) is 6. The maximum Gasteiger partial charge on any atom is 0.330 e. The summed E-state index contributed by atoms with van der Waals surface area (Å²) < 4.78 is 0. The molecule has 9 heteroatoms. The molecule has 0 saturated carbocycles. The number of nitrogens with one attached hydrogen (secondary N) is 1. The van der Waals surface area contributed by atoms with Crippen LogP contribution in [0, 0.1) is 17.0 Å². The Morgan fingerprint density at radius 2 is 1.82 bits per heavy atom. The number of hydrogen-bond donors (Lipinski definition) is 1. The number of nitrogens with zero attached hydrogens (tertiary/aromatic N) is 2. The van der Waals surface area contributed by atoms with Crippen LogP contribution in [0.4, 0.5) is 17.1 Å². The molecular formula is C13H15N3O6. The summed E-state index contributed by atoms with van der Waals surface area (Å²) in [6, 6.07) is 2.47. The van der Waals surface area contributed by atoms with E-state index in [2.05, 4.69) is 5.32 Å². The Kier molecular flexibility index (Phi) is 5.17. The second-order valence-corrected chi connectivity index (χ2v) is 4.47. The molecule has 0 spiro atoms. The second kappa shape index (κ2) is 6.66. The first-order valence-electron chi connectivity index (χ1n) is 6.19. The van der Waals surface area contributed by atoms with Crippen LogP contribution in [-0.4, -0.2) is 22.7 Å². The minimum Gasteiger partial charge on any atom is -0.333 e. The van der Waals surface area contributed by atoms with Gasteiger partial charge in [-0.05, 0) is 13.0 Å². The number of anilines is 2. The van der Waals surface area contributed by atoms with Crippen LogP contribution in [-0.2, 0) is 19.2 Å². The molecule has 1 aromatic carbocycles. The molecule has 0 aliphatic carbocycles. The lowest BCUT2D eigenvalue weighted by molar-refractivity contribution is -0.385. The van der Waals surface area contributed by atoms with Crippen LogP contribution < -0.4 is 10.4 Å². The molecule has 0 saturated heterocycles. The molecule has 0 aromatic heterocycles. The van der Waals surface area contributed by atoms with E-state index >= 15 is 0 Å². The molecule has 1 aromatic rings. The third kappa shape index (κ3) is 4.01. The predicted molar refractivity (Wildman–Crippen MR) is 77.1 cm³/mol. The Morgan fingerprint density at radius 3 is 2.23 bits per heavy atom. The molecule has 1 rings (SSSR count). The highest BCUT2D eigenvalue weighted by atomic mass is 16.7. The van der Waals surface area contributed by atoms with Gasteiger partial charge in [0.15, 0.2) is 0 Å². The van der Waals surface area contributed by atoms with Crippen molar-refractivity contribution < 1.29 is 24.1 Å². The Balaban J connectivity index is 3.51. The highest BCUT2D eigenvalue weighted by molar-refractivity contribution is 5.95. The van der Waals surface area contributed by atoms with Gasteiger partial charge in [-0.15, -0.1) is 5.06 Å². The summed E-state index contributed by atoms with van der Waals surface area (Å²) in [5.74, 6) is -1.85. The molecule has 118 valence electrons. The third-order valence-corrected chi connectivity index (χ3v) is 2.59. The van der Waals surface area contributed by atoms with Gasteiger partial charge in [-0.1, -0.05) is 0 Å². The van der Waals surface area contributed by atoms with Crippen molar-refractivity contribution in [2.24, 2.45) is 0 Å². The van der Waals surface area contributed by atoms with E-state index in [1.807, 2.05) is 0 Å². The summed E-state index contributed by atoms with van der Waals surface area (Å²) in [5.41, 5.74) is -0.0888. The number of rotatable bonds is 3. The largest absolute Gasteiger partial charge is 0.333 e. The minimum atomic E-state index is -0.762. The van der Waals surface area contributed by atoms with Crippen molar-refractivity contribution in [3.8, 4) is 0 Å². The number of amides is 2. The fourth-order valence-electron chi connectivity index (χ4n) is 1.77. The van der Waals surface area contributed by atoms with Gasteiger partial charge in [0, 0.05) is 32.5 Å². The van der Waals surface area contributed by atoms with Gasteiger partial charge >= 0.3 is 5.97 Å². The van der Waals surface area contributed by atoms with Crippen LogP contribution in [0.1, 0.15) is 26.3 Å². The molecule has 1 N–H and O–H groups in total. The summed E-state index contributed by atoms with van der Waals surface area (Å²) in [6.45, 7) is 4.88. The lowest BCUT2D eigenvalue weighted by Gasteiger charge is -2.21. The van der Waals surface area contributed by atoms with Gasteiger partial charge in [-0.25, -0.2) is 4.79 Å². The molecule has 22 heavy (non-hydrogen) atoms. The zero-order valence-electron chi connectivity index (χ0n) is 12.5. The van der Waals surface area contributed by atoms with Crippen molar-refractivity contribution in [1.29, 1.82) is 0 Å². The zero-order chi connectivity index (χ0) is 17.0. The third-order valence-electron chi connectivity index (χ3n) is 2.59. The maximum absolute atomic E-state index is 11.6. The van der Waals surface area contributed by atoms with Gasteiger partial charge in [0.25, 0.3) is 11.6 Å². The Hall–Kier alpha value is -2.97. The van der Waals surface area contributed by atoms with Gasteiger partial charge in [-0.3, -0.25) is 19.7 Å². The molecule has 0 heterocycles. The Morgan fingerprint density at radius 1 is 1.23 bits per heavy atom. The van der Waals surface area contributed by atoms with Crippen molar-refractivity contribution in [3.63, 3.8) is 0 Å². The van der Waals surface area contributed by atoms with Crippen LogP contribution >= 0.6 is 0 Å². The number of carbonyl (C=O) groups excluding carboxylic acids is 3. The van der Waals surface area contributed by atoms with Gasteiger partial charge in [-0.2, -0.15) is 0 Å². The molecule has 9 nitrogen and oxygen atoms in total. The number of benzene rings is 1. The van der Waals surface area contributed by atoms with Gasteiger partial charge in [0.1, 0.15) is 0 Å². The van der Waals surface area contributed by atoms with Crippen molar-refractivity contribution in [1.82, 2.24) is 0 Å². The van der Waals surface area contributed by atoms with Gasteiger partial charge < -0.3 is 10.2 Å². The van der Waals surface area contributed by atoms with E-state index in [1.54, 1.807) is 0 Å². The molecular weight excluding hydrogens is 294 g/mol. The fourth-order valence-corrected chi connectivity index (χ4v) is 1.77. The lowest BCUT2D eigenvalue weighted by atomic mass is 10.1. The van der Waals surface area contributed by atoms with E-state index in [1.165, 1.54) is 19.9 Å². The van der Waals surface area contributed by atoms with Crippen LogP contribution in [0.15, 0.2) is 12.1 Å². The molecule has 0 atom stereocenters. The van der Waals surface area contributed by atoms with E-state index in [0.717, 1.165) is 19.9 Å². The standard InChI is InChI=1S/C13H15N3O6/c1-7-12(15(9(3)18)22-10(4)19)5-11(14-8(2)17)6-13(7)16(20)21/h5-6H,1-4H3,(H,14,17). The number of carbonyl (C=O) groups is 3. The number of nitro benzene ring substituents is 1. The van der Waals surface area contributed by atoms with E-state index in [9.17, 15) is 24.5 Å². The highest BCUT2D eigenvalue weighted by Crippen LogP contribution is 2.33. The average Bonchev–Trinajstić information content (AvgIpc) is 2.36. The summed E-state index contributed by atoms with van der Waals surface area (Å²) in [5, 5.41) is 14.2. The van der Waals surface area contributed by atoms with E-state index in [-0.39, 0.29) is 22.6 Å². The molecule has 2 amide bonds. The molecule has 0 fully saturated rings. The van der Waals surface area contributed by atoms with Crippen molar-refractivity contribution in [2.45, 2.75) is 27.7 Å². The van der Waals surface area contributed by atoms with Crippen LogP contribution in [0.5, 0.6) is 0 Å². The van der Waals surface area contributed by atoms with E-state index < -0.39 is 22.7 Å². The first-order chi connectivity index (χ1) is 10.1. The molecule has 0 aliphatic rings. The topological polar surface area (TPSA) is 119 Å². The first kappa shape index (κ1) is 17.1.